The van der Waals surface area contributed by atoms with Gasteiger partial charge in [0.25, 0.3) is 0 Å². The number of halogens is 1. The normalized spacial score (nSPS) is 11.8. The van der Waals surface area contributed by atoms with Gasteiger partial charge in [-0.2, -0.15) is 0 Å². The minimum atomic E-state index is -0.504. The largest absolute Gasteiger partial charge is 0.457 e. The monoisotopic (exact) mass is 303 g/mol. The van der Waals surface area contributed by atoms with Gasteiger partial charge in [0, 0.05) is 13.6 Å². The molecule has 0 aromatic heterocycles. The Morgan fingerprint density at radius 1 is 1.10 bits per heavy atom. The average Bonchev–Trinajstić information content (AvgIpc) is 2.49. The molecule has 110 valence electrons. The fourth-order valence-corrected chi connectivity index (χ4v) is 2.11. The lowest BCUT2D eigenvalue weighted by Crippen LogP contribution is -2.31. The number of benzene rings is 2. The topological polar surface area (TPSA) is 29.5 Å². The summed E-state index contributed by atoms with van der Waals surface area (Å²) < 4.78 is 5.72. The van der Waals surface area contributed by atoms with Gasteiger partial charge in [0.05, 0.1) is 0 Å². The Bertz CT molecular complexity index is 581. The Labute approximate surface area is 130 Å². The molecule has 2 rings (SSSR count). The summed E-state index contributed by atoms with van der Waals surface area (Å²) in [7, 11) is 1.75. The molecule has 0 fully saturated rings. The maximum absolute atomic E-state index is 11.7. The van der Waals surface area contributed by atoms with Gasteiger partial charge in [0.15, 0.2) is 0 Å². The van der Waals surface area contributed by atoms with Crippen LogP contribution in [0, 0.1) is 0 Å². The number of alkyl halides is 1. The third-order valence-electron chi connectivity index (χ3n) is 3.04. The van der Waals surface area contributed by atoms with E-state index in [4.69, 9.17) is 16.3 Å². The number of rotatable bonds is 5. The molecule has 0 bridgehead atoms. The lowest BCUT2D eigenvalue weighted by Gasteiger charge is -2.18. The Morgan fingerprint density at radius 3 is 2.24 bits per heavy atom. The van der Waals surface area contributed by atoms with E-state index in [0.29, 0.717) is 6.54 Å². The molecule has 4 heteroatoms. The summed E-state index contributed by atoms with van der Waals surface area (Å²) in [6.07, 6.45) is 0. The van der Waals surface area contributed by atoms with E-state index in [1.54, 1.807) is 18.9 Å². The number of ether oxygens (including phenoxy) is 1. The van der Waals surface area contributed by atoms with Gasteiger partial charge in [-0.15, -0.1) is 11.6 Å². The zero-order chi connectivity index (χ0) is 15.2. The van der Waals surface area contributed by atoms with Crippen molar-refractivity contribution < 1.29 is 9.53 Å². The molecule has 1 atom stereocenters. The minimum Gasteiger partial charge on any atom is -0.457 e. The van der Waals surface area contributed by atoms with Crippen molar-refractivity contribution in [3.63, 3.8) is 0 Å². The van der Waals surface area contributed by atoms with E-state index in [1.807, 2.05) is 54.6 Å². The molecule has 0 aliphatic rings. The van der Waals surface area contributed by atoms with Gasteiger partial charge >= 0.3 is 0 Å². The van der Waals surface area contributed by atoms with Crippen molar-refractivity contribution in [2.45, 2.75) is 18.8 Å². The van der Waals surface area contributed by atoms with Gasteiger partial charge in [-0.05, 0) is 36.8 Å². The second-order valence-corrected chi connectivity index (χ2v) is 5.52. The minimum absolute atomic E-state index is 0.0821. The first-order valence-corrected chi connectivity index (χ1v) is 7.21. The molecule has 3 nitrogen and oxygen atoms in total. The van der Waals surface area contributed by atoms with E-state index >= 15 is 0 Å². The van der Waals surface area contributed by atoms with Crippen LogP contribution in [0.1, 0.15) is 12.5 Å². The predicted molar refractivity (Wildman–Crippen MR) is 84.7 cm³/mol. The van der Waals surface area contributed by atoms with Crippen LogP contribution in [-0.4, -0.2) is 23.2 Å². The number of hydrogen-bond acceptors (Lipinski definition) is 2. The Balaban J connectivity index is 1.97. The van der Waals surface area contributed by atoms with Crippen LogP contribution >= 0.6 is 11.6 Å². The van der Waals surface area contributed by atoms with Gasteiger partial charge in [0.2, 0.25) is 5.91 Å². The van der Waals surface area contributed by atoms with E-state index in [0.717, 1.165) is 17.1 Å². The molecule has 0 spiro atoms. The first kappa shape index (κ1) is 15.4. The first-order chi connectivity index (χ1) is 10.1. The molecule has 0 N–H and O–H groups in total. The summed E-state index contributed by atoms with van der Waals surface area (Å²) in [6, 6.07) is 17.3. The molecule has 0 aliphatic heterocycles. The molecule has 0 radical (unpaired) electrons. The van der Waals surface area contributed by atoms with Gasteiger partial charge in [-0.3, -0.25) is 4.79 Å². The second-order valence-electron chi connectivity index (χ2n) is 4.87. The number of carbonyl (C=O) groups is 1. The molecule has 1 unspecified atom stereocenters. The number of hydrogen-bond donors (Lipinski definition) is 0. The lowest BCUT2D eigenvalue weighted by atomic mass is 10.2. The van der Waals surface area contributed by atoms with Crippen molar-refractivity contribution in [3.05, 3.63) is 60.2 Å². The number of carbonyl (C=O) groups excluding carboxylic acids is 1. The Kier molecular flexibility index (Phi) is 5.23. The molecule has 2 aromatic rings. The number of amides is 1. The molecule has 1 amide bonds. The van der Waals surface area contributed by atoms with E-state index in [1.165, 1.54) is 0 Å². The predicted octanol–water partition coefficient (Wildman–Crippen LogP) is 4.06. The first-order valence-electron chi connectivity index (χ1n) is 6.77. The molecule has 0 saturated carbocycles. The standard InChI is InChI=1S/C17H18ClNO2/c1-13(18)17(20)19(2)12-14-8-10-16(11-9-14)21-15-6-4-3-5-7-15/h3-11,13H,12H2,1-2H3. The summed E-state index contributed by atoms with van der Waals surface area (Å²) >= 11 is 5.79. The summed E-state index contributed by atoms with van der Waals surface area (Å²) in [5, 5.41) is -0.504. The molecule has 0 aliphatic carbocycles. The highest BCUT2D eigenvalue weighted by atomic mass is 35.5. The summed E-state index contributed by atoms with van der Waals surface area (Å²) in [5.74, 6) is 1.49. The van der Waals surface area contributed by atoms with Gasteiger partial charge in [-0.1, -0.05) is 30.3 Å². The zero-order valence-electron chi connectivity index (χ0n) is 12.1. The van der Waals surface area contributed by atoms with Crippen molar-refractivity contribution in [2.24, 2.45) is 0 Å². The van der Waals surface area contributed by atoms with Crippen LogP contribution in [0.3, 0.4) is 0 Å². The van der Waals surface area contributed by atoms with Crippen LogP contribution in [0.15, 0.2) is 54.6 Å². The van der Waals surface area contributed by atoms with Crippen molar-refractivity contribution in [2.75, 3.05) is 7.05 Å². The molecule has 2 aromatic carbocycles. The van der Waals surface area contributed by atoms with Crippen LogP contribution in [0.5, 0.6) is 11.5 Å². The number of nitrogens with zero attached hydrogens (tertiary/aromatic N) is 1. The lowest BCUT2D eigenvalue weighted by molar-refractivity contribution is -0.129. The van der Waals surface area contributed by atoms with Crippen LogP contribution in [-0.2, 0) is 11.3 Å². The maximum Gasteiger partial charge on any atom is 0.240 e. The quantitative estimate of drug-likeness (QED) is 0.779. The SMILES string of the molecule is CC(Cl)C(=O)N(C)Cc1ccc(Oc2ccccc2)cc1. The highest BCUT2D eigenvalue weighted by Gasteiger charge is 2.14. The highest BCUT2D eigenvalue weighted by molar-refractivity contribution is 6.30. The fraction of sp³-hybridized carbons (Fsp3) is 0.235. The van der Waals surface area contributed by atoms with Gasteiger partial charge < -0.3 is 9.64 Å². The van der Waals surface area contributed by atoms with E-state index in [-0.39, 0.29) is 5.91 Å². The van der Waals surface area contributed by atoms with Crippen LogP contribution in [0.2, 0.25) is 0 Å². The smallest absolute Gasteiger partial charge is 0.240 e. The molecule has 0 heterocycles. The highest BCUT2D eigenvalue weighted by Crippen LogP contribution is 2.21. The van der Waals surface area contributed by atoms with Crippen molar-refractivity contribution in [3.8, 4) is 11.5 Å². The fourth-order valence-electron chi connectivity index (χ4n) is 1.94. The molecular weight excluding hydrogens is 286 g/mol. The van der Waals surface area contributed by atoms with Crippen molar-refractivity contribution >= 4 is 17.5 Å². The van der Waals surface area contributed by atoms with E-state index < -0.39 is 5.38 Å². The van der Waals surface area contributed by atoms with E-state index in [9.17, 15) is 4.79 Å². The molecular formula is C17H18ClNO2. The average molecular weight is 304 g/mol. The van der Waals surface area contributed by atoms with Crippen LogP contribution in [0.25, 0.3) is 0 Å². The third-order valence-corrected chi connectivity index (χ3v) is 3.23. The van der Waals surface area contributed by atoms with Crippen LogP contribution < -0.4 is 4.74 Å². The van der Waals surface area contributed by atoms with E-state index in [2.05, 4.69) is 0 Å². The Morgan fingerprint density at radius 2 is 1.67 bits per heavy atom. The van der Waals surface area contributed by atoms with Gasteiger partial charge in [0.1, 0.15) is 16.9 Å². The summed E-state index contributed by atoms with van der Waals surface area (Å²) in [5.41, 5.74) is 1.03. The van der Waals surface area contributed by atoms with Crippen molar-refractivity contribution in [1.29, 1.82) is 0 Å². The zero-order valence-corrected chi connectivity index (χ0v) is 12.9. The summed E-state index contributed by atoms with van der Waals surface area (Å²) in [4.78, 5) is 13.3. The summed E-state index contributed by atoms with van der Waals surface area (Å²) in [6.45, 7) is 2.21. The third kappa shape index (κ3) is 4.50. The Hall–Kier alpha value is -2.00. The molecule has 0 saturated heterocycles. The molecule has 21 heavy (non-hydrogen) atoms. The van der Waals surface area contributed by atoms with Gasteiger partial charge in [-0.25, -0.2) is 0 Å². The van der Waals surface area contributed by atoms with Crippen molar-refractivity contribution in [1.82, 2.24) is 4.90 Å². The second kappa shape index (κ2) is 7.14. The maximum atomic E-state index is 11.7. The van der Waals surface area contributed by atoms with Crippen LogP contribution in [0.4, 0.5) is 0 Å². The number of para-hydroxylation sites is 1.